The second-order valence-corrected chi connectivity index (χ2v) is 8.28. The highest BCUT2D eigenvalue weighted by Gasteiger charge is 2.32. The largest absolute Gasteiger partial charge is 0.508 e. The number of carbonyl (C=O) groups excluding carboxylic acids is 3. The minimum Gasteiger partial charge on any atom is -0.508 e. The SMILES string of the molecule is CC(NC(=O)C(Cc1ccc(O)cc1)NC(=O)C(NC(=O)C(N)CCCN=C(N)N)C(C)O)C(=O)O. The van der Waals surface area contributed by atoms with Crippen LogP contribution in [0.2, 0.25) is 0 Å². The van der Waals surface area contributed by atoms with E-state index in [1.165, 1.54) is 38.1 Å². The van der Waals surface area contributed by atoms with Crippen LogP contribution in [0.15, 0.2) is 29.3 Å². The minimum atomic E-state index is -1.45. The van der Waals surface area contributed by atoms with Gasteiger partial charge in [0.15, 0.2) is 5.96 Å². The number of aliphatic carboxylic acids is 1. The normalized spacial score (nSPS) is 14.9. The fraction of sp³-hybridized carbons (Fsp3) is 0.500. The number of guanidine groups is 1. The molecule has 0 fully saturated rings. The molecule has 14 heteroatoms. The molecule has 36 heavy (non-hydrogen) atoms. The highest BCUT2D eigenvalue weighted by molar-refractivity contribution is 5.94. The summed E-state index contributed by atoms with van der Waals surface area (Å²) < 4.78 is 0. The van der Waals surface area contributed by atoms with Crippen LogP contribution in [0.25, 0.3) is 0 Å². The molecule has 0 aromatic heterocycles. The van der Waals surface area contributed by atoms with E-state index in [0.717, 1.165) is 0 Å². The van der Waals surface area contributed by atoms with E-state index in [4.69, 9.17) is 22.3 Å². The lowest BCUT2D eigenvalue weighted by atomic mass is 10.0. The number of aliphatic hydroxyl groups is 1. The minimum absolute atomic E-state index is 0.00481. The van der Waals surface area contributed by atoms with E-state index < -0.39 is 54.0 Å². The standard InChI is InChI=1S/C22H35N7O7/c1-11(21(35)36)27-19(33)16(10-13-5-7-14(31)8-6-13)28-20(34)17(12(2)30)29-18(32)15(23)4-3-9-26-22(24)25/h5-8,11-12,15-17,30-31H,3-4,9-10,23H2,1-2H3,(H,27,33)(H,28,34)(H,29,32)(H,35,36)(H4,24,25,26). The Morgan fingerprint density at radius 3 is 2.11 bits per heavy atom. The van der Waals surface area contributed by atoms with E-state index >= 15 is 0 Å². The van der Waals surface area contributed by atoms with Crippen LogP contribution < -0.4 is 33.2 Å². The van der Waals surface area contributed by atoms with Gasteiger partial charge in [-0.25, -0.2) is 0 Å². The number of phenolic OH excluding ortho intramolecular Hbond substituents is 1. The van der Waals surface area contributed by atoms with Crippen molar-refractivity contribution in [2.24, 2.45) is 22.2 Å². The van der Waals surface area contributed by atoms with Gasteiger partial charge < -0.3 is 48.5 Å². The van der Waals surface area contributed by atoms with Gasteiger partial charge in [-0.05, 0) is 44.4 Å². The Morgan fingerprint density at radius 2 is 1.58 bits per heavy atom. The predicted molar refractivity (Wildman–Crippen MR) is 130 cm³/mol. The number of benzene rings is 1. The van der Waals surface area contributed by atoms with Gasteiger partial charge in [-0.3, -0.25) is 24.2 Å². The van der Waals surface area contributed by atoms with E-state index in [0.29, 0.717) is 12.0 Å². The van der Waals surface area contributed by atoms with Crippen LogP contribution >= 0.6 is 0 Å². The van der Waals surface area contributed by atoms with Crippen LogP contribution in [0.4, 0.5) is 0 Å². The van der Waals surface area contributed by atoms with Crippen LogP contribution in [0.3, 0.4) is 0 Å². The summed E-state index contributed by atoms with van der Waals surface area (Å²) in [6, 6.07) is 0.874. The lowest BCUT2D eigenvalue weighted by Crippen LogP contribution is -2.60. The van der Waals surface area contributed by atoms with Gasteiger partial charge in [0.25, 0.3) is 0 Å². The maximum absolute atomic E-state index is 12.9. The Labute approximate surface area is 208 Å². The lowest BCUT2D eigenvalue weighted by molar-refractivity contribution is -0.142. The number of carboxylic acid groups (broad SMARTS) is 1. The third kappa shape index (κ3) is 10.6. The van der Waals surface area contributed by atoms with Crippen LogP contribution in [0.1, 0.15) is 32.3 Å². The first kappa shape index (κ1) is 30.1. The fourth-order valence-electron chi connectivity index (χ4n) is 3.03. The second-order valence-electron chi connectivity index (χ2n) is 8.28. The number of carbonyl (C=O) groups is 4. The molecule has 0 radical (unpaired) electrons. The zero-order valence-electron chi connectivity index (χ0n) is 20.2. The van der Waals surface area contributed by atoms with Crippen molar-refractivity contribution in [3.63, 3.8) is 0 Å². The molecule has 200 valence electrons. The zero-order valence-corrected chi connectivity index (χ0v) is 20.2. The van der Waals surface area contributed by atoms with Gasteiger partial charge in [0.05, 0.1) is 12.1 Å². The molecule has 5 unspecified atom stereocenters. The van der Waals surface area contributed by atoms with Crippen molar-refractivity contribution in [2.75, 3.05) is 6.54 Å². The number of phenols is 1. The number of nitrogens with zero attached hydrogens (tertiary/aromatic N) is 1. The quantitative estimate of drug-likeness (QED) is 0.0709. The average molecular weight is 510 g/mol. The number of carboxylic acids is 1. The number of nitrogens with two attached hydrogens (primary N) is 3. The molecule has 1 aromatic rings. The van der Waals surface area contributed by atoms with Crippen molar-refractivity contribution < 1.29 is 34.5 Å². The van der Waals surface area contributed by atoms with Gasteiger partial charge in [0.1, 0.15) is 23.9 Å². The smallest absolute Gasteiger partial charge is 0.325 e. The molecular weight excluding hydrogens is 474 g/mol. The molecule has 5 atom stereocenters. The molecule has 0 aliphatic carbocycles. The van der Waals surface area contributed by atoms with Gasteiger partial charge in [-0.1, -0.05) is 12.1 Å². The van der Waals surface area contributed by atoms with Gasteiger partial charge in [0.2, 0.25) is 17.7 Å². The molecule has 1 rings (SSSR count). The molecule has 0 bridgehead atoms. The molecule has 3 amide bonds. The van der Waals surface area contributed by atoms with Crippen molar-refractivity contribution in [1.29, 1.82) is 0 Å². The van der Waals surface area contributed by atoms with E-state index in [9.17, 15) is 29.4 Å². The predicted octanol–water partition coefficient (Wildman–Crippen LogP) is -2.74. The van der Waals surface area contributed by atoms with Crippen molar-refractivity contribution in [3.05, 3.63) is 29.8 Å². The molecule has 14 nitrogen and oxygen atoms in total. The first-order valence-corrected chi connectivity index (χ1v) is 11.2. The highest BCUT2D eigenvalue weighted by Crippen LogP contribution is 2.12. The molecular formula is C22H35N7O7. The van der Waals surface area contributed by atoms with E-state index in [1.807, 2.05) is 0 Å². The number of aromatic hydroxyl groups is 1. The molecule has 0 aliphatic rings. The molecule has 0 aliphatic heterocycles. The van der Waals surface area contributed by atoms with Crippen molar-refractivity contribution in [1.82, 2.24) is 16.0 Å². The van der Waals surface area contributed by atoms with Gasteiger partial charge in [0, 0.05) is 13.0 Å². The molecule has 0 heterocycles. The highest BCUT2D eigenvalue weighted by atomic mass is 16.4. The summed E-state index contributed by atoms with van der Waals surface area (Å²) in [5.74, 6) is -3.76. The number of nitrogens with one attached hydrogen (secondary N) is 3. The van der Waals surface area contributed by atoms with Crippen molar-refractivity contribution >= 4 is 29.7 Å². The molecule has 0 spiro atoms. The molecule has 0 saturated carbocycles. The first-order chi connectivity index (χ1) is 16.8. The van der Waals surface area contributed by atoms with Crippen molar-refractivity contribution in [3.8, 4) is 5.75 Å². The Balaban J connectivity index is 2.95. The lowest BCUT2D eigenvalue weighted by Gasteiger charge is -2.26. The van der Waals surface area contributed by atoms with Gasteiger partial charge in [-0.2, -0.15) is 0 Å². The second kappa shape index (κ2) is 14.5. The van der Waals surface area contributed by atoms with E-state index in [2.05, 4.69) is 20.9 Å². The monoisotopic (exact) mass is 509 g/mol. The molecule has 0 saturated heterocycles. The first-order valence-electron chi connectivity index (χ1n) is 11.2. The van der Waals surface area contributed by atoms with E-state index in [1.54, 1.807) is 0 Å². The Bertz CT molecular complexity index is 933. The summed E-state index contributed by atoms with van der Waals surface area (Å²) in [5, 5.41) is 35.8. The summed E-state index contributed by atoms with van der Waals surface area (Å²) in [6.45, 7) is 2.79. The average Bonchev–Trinajstić information content (AvgIpc) is 2.80. The topological polar surface area (TPSA) is 255 Å². The van der Waals surface area contributed by atoms with Crippen LogP contribution in [0, 0.1) is 0 Å². The summed E-state index contributed by atoms with van der Waals surface area (Å²) in [4.78, 5) is 53.1. The third-order valence-electron chi connectivity index (χ3n) is 5.11. The molecule has 1 aromatic carbocycles. The van der Waals surface area contributed by atoms with Crippen LogP contribution in [-0.4, -0.2) is 81.8 Å². The summed E-state index contributed by atoms with van der Waals surface area (Å²) in [5.41, 5.74) is 16.9. The van der Waals surface area contributed by atoms with Crippen LogP contribution in [-0.2, 0) is 25.6 Å². The summed E-state index contributed by atoms with van der Waals surface area (Å²) in [6.07, 6.45) is -0.808. The number of hydrogen-bond acceptors (Lipinski definition) is 8. The maximum Gasteiger partial charge on any atom is 0.325 e. The molecule has 12 N–H and O–H groups in total. The van der Waals surface area contributed by atoms with Gasteiger partial charge >= 0.3 is 5.97 Å². The Morgan fingerprint density at radius 1 is 0.972 bits per heavy atom. The van der Waals surface area contributed by atoms with Gasteiger partial charge in [-0.15, -0.1) is 0 Å². The summed E-state index contributed by atoms with van der Waals surface area (Å²) >= 11 is 0. The number of aliphatic hydroxyl groups excluding tert-OH is 1. The number of aliphatic imine (C=N–C) groups is 1. The number of hydrogen-bond donors (Lipinski definition) is 9. The zero-order chi connectivity index (χ0) is 27.4. The van der Waals surface area contributed by atoms with Crippen molar-refractivity contribution in [2.45, 2.75) is 63.4 Å². The fourth-order valence-corrected chi connectivity index (χ4v) is 3.03. The Kier molecular flexibility index (Phi) is 12.1. The third-order valence-corrected chi connectivity index (χ3v) is 5.11. The maximum atomic E-state index is 12.9. The van der Waals surface area contributed by atoms with Crippen LogP contribution in [0.5, 0.6) is 5.75 Å². The van der Waals surface area contributed by atoms with E-state index in [-0.39, 0.29) is 31.1 Å². The Hall–Kier alpha value is -3.91. The number of rotatable bonds is 14. The number of amides is 3. The summed E-state index contributed by atoms with van der Waals surface area (Å²) in [7, 11) is 0.